The first-order valence-corrected chi connectivity index (χ1v) is 21.1. The van der Waals surface area contributed by atoms with Gasteiger partial charge in [0, 0.05) is 24.0 Å². The minimum absolute atomic E-state index is 0. The van der Waals surface area contributed by atoms with Gasteiger partial charge in [-0.3, -0.25) is 0 Å². The van der Waals surface area contributed by atoms with E-state index in [2.05, 4.69) is 23.8 Å². The molecule has 2 aliphatic rings. The smallest absolute Gasteiger partial charge is 0.191 e. The van der Waals surface area contributed by atoms with Crippen LogP contribution in [0.15, 0.2) is 58.5 Å². The summed E-state index contributed by atoms with van der Waals surface area (Å²) in [6.07, 6.45) is 3.53. The van der Waals surface area contributed by atoms with Crippen LogP contribution in [0.5, 0.6) is 23.0 Å². The Morgan fingerprint density at radius 2 is 0.952 bits per heavy atom. The zero-order valence-corrected chi connectivity index (χ0v) is 38.2. The molecule has 4 unspecified atom stereocenters. The predicted molar refractivity (Wildman–Crippen MR) is 248 cm³/mol. The summed E-state index contributed by atoms with van der Waals surface area (Å²) in [5.41, 5.74) is 32.3. The number of guanidine groups is 2. The molecule has 0 amide bonds. The number of phenolic OH excluding ortho intramolecular Hbond substituents is 2. The largest absolute Gasteiger partial charge is 0.507 e. The Kier molecular flexibility index (Phi) is 15.3. The molecule has 0 radical (unpaired) electrons. The van der Waals surface area contributed by atoms with Gasteiger partial charge in [0.25, 0.3) is 0 Å². The van der Waals surface area contributed by atoms with Crippen molar-refractivity contribution in [2.45, 2.75) is 117 Å². The van der Waals surface area contributed by atoms with Crippen molar-refractivity contribution in [3.05, 3.63) is 104 Å². The van der Waals surface area contributed by atoms with Crippen molar-refractivity contribution in [2.75, 3.05) is 26.4 Å². The lowest BCUT2D eigenvalue weighted by molar-refractivity contribution is -0.0969. The first kappa shape index (κ1) is 47.8. The van der Waals surface area contributed by atoms with Gasteiger partial charge in [-0.15, -0.1) is 12.4 Å². The van der Waals surface area contributed by atoms with Crippen molar-refractivity contribution in [3.63, 3.8) is 0 Å². The van der Waals surface area contributed by atoms with Gasteiger partial charge in [0.15, 0.2) is 11.9 Å². The van der Waals surface area contributed by atoms with Crippen LogP contribution in [0.25, 0.3) is 0 Å². The van der Waals surface area contributed by atoms with E-state index < -0.39 is 23.4 Å². The zero-order chi connectivity index (χ0) is 44.2. The third-order valence-electron chi connectivity index (χ3n) is 12.6. The van der Waals surface area contributed by atoms with Crippen molar-refractivity contribution in [2.24, 2.45) is 32.9 Å². The third-order valence-corrected chi connectivity index (χ3v) is 12.6. The second kappa shape index (κ2) is 19.9. The first-order valence-electron chi connectivity index (χ1n) is 21.1. The van der Waals surface area contributed by atoms with Crippen LogP contribution >= 0.6 is 12.4 Å². The van der Waals surface area contributed by atoms with Crippen LogP contribution in [-0.4, -0.2) is 59.8 Å². The molecule has 13 nitrogen and oxygen atoms in total. The zero-order valence-electron chi connectivity index (χ0n) is 37.4. The van der Waals surface area contributed by atoms with Gasteiger partial charge in [-0.05, 0) is 150 Å². The molecule has 2 heterocycles. The number of hydrogen-bond donors (Lipinski definition) is 6. The molecular weight excluding hydrogens is 808 g/mol. The highest BCUT2D eigenvalue weighted by molar-refractivity contribution is 5.85. The summed E-state index contributed by atoms with van der Waals surface area (Å²) < 4.78 is 33.2. The number of halogens is 1. The maximum atomic E-state index is 10.7. The maximum absolute atomic E-state index is 10.7. The molecule has 14 heteroatoms. The average molecular weight is 874 g/mol. The summed E-state index contributed by atoms with van der Waals surface area (Å²) >= 11 is 0. The second-order valence-electron chi connectivity index (χ2n) is 17.2. The minimum atomic E-state index is -0.503. The van der Waals surface area contributed by atoms with E-state index >= 15 is 0 Å². The Bertz CT molecular complexity index is 2120. The molecular formula is C48H65ClN6O7. The fourth-order valence-corrected chi connectivity index (χ4v) is 8.35. The number of nitrogens with two attached hydrogens (primary N) is 4. The van der Waals surface area contributed by atoms with Crippen LogP contribution in [0.3, 0.4) is 0 Å². The highest BCUT2D eigenvalue weighted by Crippen LogP contribution is 2.46. The first-order chi connectivity index (χ1) is 28.9. The molecule has 336 valence electrons. The van der Waals surface area contributed by atoms with Crippen LogP contribution in [0.1, 0.15) is 107 Å². The average Bonchev–Trinajstić information content (AvgIpc) is 3.22. The number of fused-ring (bicyclic) bond motifs is 2. The molecule has 0 aliphatic carbocycles. The Morgan fingerprint density at radius 1 is 0.597 bits per heavy atom. The van der Waals surface area contributed by atoms with E-state index in [1.54, 1.807) is 0 Å². The lowest BCUT2D eigenvalue weighted by Crippen LogP contribution is -2.38. The number of aromatic hydroxyl groups is 2. The van der Waals surface area contributed by atoms with E-state index in [1.807, 2.05) is 90.1 Å². The number of aliphatic imine (C=N–C) groups is 2. The van der Waals surface area contributed by atoms with Crippen LogP contribution in [-0.2, 0) is 27.1 Å². The molecule has 0 saturated carbocycles. The normalized spacial score (nSPS) is 18.8. The molecule has 10 N–H and O–H groups in total. The van der Waals surface area contributed by atoms with Gasteiger partial charge in [0.1, 0.15) is 46.4 Å². The fourth-order valence-electron chi connectivity index (χ4n) is 8.35. The molecule has 0 spiro atoms. The van der Waals surface area contributed by atoms with Gasteiger partial charge in [-0.1, -0.05) is 24.3 Å². The number of benzene rings is 4. The molecule has 4 aromatic rings. The lowest BCUT2D eigenvalue weighted by Gasteiger charge is -2.38. The number of hydrogen-bond acceptors (Lipinski definition) is 9. The number of nitrogens with zero attached hydrogens (tertiary/aromatic N) is 2. The third kappa shape index (κ3) is 10.9. The van der Waals surface area contributed by atoms with Gasteiger partial charge < -0.3 is 56.8 Å². The second-order valence-corrected chi connectivity index (χ2v) is 17.2. The van der Waals surface area contributed by atoms with Gasteiger partial charge in [-0.2, -0.15) is 0 Å². The van der Waals surface area contributed by atoms with Crippen LogP contribution < -0.4 is 32.4 Å². The Labute approximate surface area is 372 Å². The maximum Gasteiger partial charge on any atom is 0.191 e. The molecule has 62 heavy (non-hydrogen) atoms. The van der Waals surface area contributed by atoms with E-state index in [4.69, 9.17) is 46.6 Å². The van der Waals surface area contributed by atoms with Crippen molar-refractivity contribution in [1.82, 2.24) is 0 Å². The SMILES string of the molecule is Cc1c(C)c2c(c(C)c1O)CCC(C)(CCOCC(OC(COCCC1(C)CCc3c(C)c(O)c(C)c(C)c3O1)c1ccc(N=C(N)N)cc1)c1ccc(N=C(N)N)cc1)O2.Cl. The van der Waals surface area contributed by atoms with E-state index in [9.17, 15) is 10.2 Å². The van der Waals surface area contributed by atoms with Gasteiger partial charge in [-0.25, -0.2) is 9.98 Å². The van der Waals surface area contributed by atoms with E-state index in [-0.39, 0.29) is 37.5 Å². The van der Waals surface area contributed by atoms with Crippen molar-refractivity contribution in [1.29, 1.82) is 0 Å². The van der Waals surface area contributed by atoms with Crippen molar-refractivity contribution < 1.29 is 33.9 Å². The molecule has 0 saturated heterocycles. The molecule has 2 aliphatic heterocycles. The van der Waals surface area contributed by atoms with Crippen LogP contribution in [0.2, 0.25) is 0 Å². The highest BCUT2D eigenvalue weighted by atomic mass is 35.5. The number of ether oxygens (including phenoxy) is 5. The minimum Gasteiger partial charge on any atom is -0.507 e. The van der Waals surface area contributed by atoms with Gasteiger partial charge in [0.2, 0.25) is 0 Å². The standard InChI is InChI=1S/C48H64N6O7.ClH/c1-27-29(3)43-37(31(5)41(27)55)17-19-47(7,60-43)21-23-57-25-39(33-9-13-35(14-10-33)53-45(49)50)59-40(34-11-15-36(16-12-34)54-46(51)52)26-58-24-22-48(8)20-18-38-32(6)42(56)28(2)30(4)44(38)61-48;/h9-16,39-40,55-56H,17-26H2,1-8H3,(H4,49,50,53)(H4,51,52,54);1H. The van der Waals surface area contributed by atoms with Crippen LogP contribution in [0, 0.1) is 41.5 Å². The predicted octanol–water partition coefficient (Wildman–Crippen LogP) is 8.36. The fraction of sp³-hybridized carbons (Fsp3) is 0.458. The van der Waals surface area contributed by atoms with E-state index in [1.165, 1.54) is 0 Å². The molecule has 0 fully saturated rings. The van der Waals surface area contributed by atoms with Gasteiger partial charge >= 0.3 is 0 Å². The molecule has 0 aromatic heterocycles. The van der Waals surface area contributed by atoms with Crippen molar-refractivity contribution in [3.8, 4) is 23.0 Å². The summed E-state index contributed by atoms with van der Waals surface area (Å²) in [5.74, 6) is 2.37. The number of rotatable bonds is 16. The monoisotopic (exact) mass is 872 g/mol. The summed E-state index contributed by atoms with van der Waals surface area (Å²) in [6.45, 7) is 17.4. The molecule has 0 bridgehead atoms. The number of phenols is 2. The van der Waals surface area contributed by atoms with Gasteiger partial charge in [0.05, 0.1) is 37.8 Å². The summed E-state index contributed by atoms with van der Waals surface area (Å²) in [5, 5.41) is 21.3. The van der Waals surface area contributed by atoms with Crippen LogP contribution in [0.4, 0.5) is 11.4 Å². The van der Waals surface area contributed by atoms with E-state index in [0.717, 1.165) is 92.8 Å². The summed E-state index contributed by atoms with van der Waals surface area (Å²) in [7, 11) is 0. The molecule has 6 rings (SSSR count). The molecule has 4 aromatic carbocycles. The quantitative estimate of drug-likeness (QED) is 0.0357. The molecule has 4 atom stereocenters. The van der Waals surface area contributed by atoms with Crippen molar-refractivity contribution >= 4 is 35.7 Å². The highest BCUT2D eigenvalue weighted by Gasteiger charge is 2.36. The Balaban J connectivity index is 0.00000726. The summed E-state index contributed by atoms with van der Waals surface area (Å²) in [6, 6.07) is 15.1. The van der Waals surface area contributed by atoms with E-state index in [0.29, 0.717) is 48.9 Å². The lowest BCUT2D eigenvalue weighted by atomic mass is 9.86. The topological polar surface area (TPSA) is 215 Å². The Morgan fingerprint density at radius 3 is 1.29 bits per heavy atom. The summed E-state index contributed by atoms with van der Waals surface area (Å²) in [4.78, 5) is 8.39. The Hall–Kier alpha value is -5.21.